The van der Waals surface area contributed by atoms with Gasteiger partial charge in [-0.1, -0.05) is 12.1 Å². The molecule has 0 spiro atoms. The van der Waals surface area contributed by atoms with Crippen LogP contribution in [-0.2, 0) is 22.4 Å². The molecule has 47 heavy (non-hydrogen) atoms. The summed E-state index contributed by atoms with van der Waals surface area (Å²) in [6.07, 6.45) is 8.26. The van der Waals surface area contributed by atoms with E-state index in [-0.39, 0.29) is 12.8 Å². The lowest BCUT2D eigenvalue weighted by atomic mass is 10.1. The largest absolute Gasteiger partial charge is 0.481 e. The van der Waals surface area contributed by atoms with Gasteiger partial charge in [-0.25, -0.2) is 0 Å². The number of nitrogens with zero attached hydrogens (tertiary/aromatic N) is 2. The lowest BCUT2D eigenvalue weighted by molar-refractivity contribution is -0.138. The fraction of sp³-hybridized carbons (Fsp3) is 0.111. The van der Waals surface area contributed by atoms with Gasteiger partial charge in [0.05, 0.1) is 0 Å². The van der Waals surface area contributed by atoms with Crippen LogP contribution in [0.25, 0.3) is 59.9 Å². The number of hydrogen-bond donors (Lipinski definition) is 2. The van der Waals surface area contributed by atoms with Crippen LogP contribution in [0.2, 0.25) is 0 Å². The van der Waals surface area contributed by atoms with Crippen LogP contribution in [-0.4, -0.2) is 32.1 Å². The number of thiophene rings is 5. The van der Waals surface area contributed by atoms with E-state index in [1.54, 1.807) is 69.1 Å². The summed E-state index contributed by atoms with van der Waals surface area (Å²) < 4.78 is 0. The lowest BCUT2D eigenvalue weighted by Gasteiger charge is -2.01. The smallest absolute Gasteiger partial charge is 0.303 e. The van der Waals surface area contributed by atoms with Crippen molar-refractivity contribution in [2.75, 3.05) is 0 Å². The predicted molar refractivity (Wildman–Crippen MR) is 196 cm³/mol. The number of carbonyl (C=O) groups is 2. The molecule has 0 saturated heterocycles. The van der Waals surface area contributed by atoms with Gasteiger partial charge in [-0.05, 0) is 84.6 Å². The molecule has 2 N–H and O–H groups in total. The van der Waals surface area contributed by atoms with Crippen LogP contribution in [0.5, 0.6) is 0 Å². The van der Waals surface area contributed by atoms with E-state index in [0.29, 0.717) is 12.8 Å². The first kappa shape index (κ1) is 31.3. The second-order valence-corrected chi connectivity index (χ2v) is 16.0. The first-order valence-corrected chi connectivity index (χ1v) is 18.8. The average molecular weight is 711 g/mol. The summed E-state index contributed by atoms with van der Waals surface area (Å²) in [6, 6.07) is 24.9. The van der Waals surface area contributed by atoms with E-state index in [2.05, 4.69) is 58.5 Å². The van der Waals surface area contributed by atoms with Gasteiger partial charge >= 0.3 is 11.9 Å². The number of aryl methyl sites for hydroxylation is 2. The summed E-state index contributed by atoms with van der Waals surface area (Å²) in [7, 11) is 0. The molecule has 6 nitrogen and oxygen atoms in total. The number of carboxylic acid groups (broad SMARTS) is 2. The Morgan fingerprint density at radius 1 is 0.511 bits per heavy atom. The van der Waals surface area contributed by atoms with Crippen molar-refractivity contribution < 1.29 is 19.8 Å². The molecular weight excluding hydrogens is 685 g/mol. The molecule has 0 aliphatic carbocycles. The van der Waals surface area contributed by atoms with E-state index in [4.69, 9.17) is 0 Å². The number of pyridine rings is 2. The van der Waals surface area contributed by atoms with Crippen molar-refractivity contribution in [2.45, 2.75) is 25.7 Å². The van der Waals surface area contributed by atoms with Crippen molar-refractivity contribution in [3.63, 3.8) is 0 Å². The lowest BCUT2D eigenvalue weighted by Crippen LogP contribution is -1.97. The second kappa shape index (κ2) is 13.8. The highest BCUT2D eigenvalue weighted by Crippen LogP contribution is 2.49. The maximum Gasteiger partial charge on any atom is 0.303 e. The molecule has 0 amide bonds. The van der Waals surface area contributed by atoms with E-state index >= 15 is 0 Å². The molecule has 7 aromatic heterocycles. The molecular formula is C36H26N2O4S5. The Balaban J connectivity index is 1.23. The summed E-state index contributed by atoms with van der Waals surface area (Å²) in [6.45, 7) is 0. The molecule has 7 rings (SSSR count). The monoisotopic (exact) mass is 710 g/mol. The summed E-state index contributed by atoms with van der Waals surface area (Å²) in [5.74, 6) is -1.64. The number of hydrogen-bond acceptors (Lipinski definition) is 9. The zero-order valence-electron chi connectivity index (χ0n) is 24.7. The van der Waals surface area contributed by atoms with Crippen LogP contribution in [0.1, 0.15) is 24.0 Å². The van der Waals surface area contributed by atoms with E-state index in [0.717, 1.165) is 71.0 Å². The Kier molecular flexibility index (Phi) is 9.23. The van der Waals surface area contributed by atoms with Gasteiger partial charge in [-0.15, -0.1) is 56.7 Å². The Labute approximate surface area is 291 Å². The third-order valence-electron chi connectivity index (χ3n) is 7.48. The third-order valence-corrected chi connectivity index (χ3v) is 13.9. The fourth-order valence-corrected chi connectivity index (χ4v) is 11.1. The minimum absolute atomic E-state index is 0.0578. The zero-order valence-corrected chi connectivity index (χ0v) is 28.8. The van der Waals surface area contributed by atoms with Gasteiger partial charge in [0, 0.05) is 97.5 Å². The number of aliphatic carboxylic acids is 2. The van der Waals surface area contributed by atoms with Crippen LogP contribution in [0.15, 0.2) is 97.6 Å². The Morgan fingerprint density at radius 2 is 0.915 bits per heavy atom. The first-order chi connectivity index (χ1) is 22.9. The molecule has 0 bridgehead atoms. The van der Waals surface area contributed by atoms with Gasteiger partial charge in [0.1, 0.15) is 0 Å². The van der Waals surface area contributed by atoms with Crippen molar-refractivity contribution >= 4 is 68.6 Å². The highest BCUT2D eigenvalue weighted by Gasteiger charge is 2.20. The molecule has 234 valence electrons. The second-order valence-electron chi connectivity index (χ2n) is 10.7. The van der Waals surface area contributed by atoms with E-state index in [1.165, 1.54) is 0 Å². The number of carboxylic acids is 2. The first-order valence-electron chi connectivity index (χ1n) is 14.7. The molecule has 0 saturated carbocycles. The molecule has 7 heterocycles. The van der Waals surface area contributed by atoms with Crippen molar-refractivity contribution in [1.29, 1.82) is 0 Å². The Morgan fingerprint density at radius 3 is 1.32 bits per heavy atom. The maximum absolute atomic E-state index is 11.6. The van der Waals surface area contributed by atoms with Crippen LogP contribution in [0.3, 0.4) is 0 Å². The molecule has 0 aliphatic rings. The quantitative estimate of drug-likeness (QED) is 0.131. The van der Waals surface area contributed by atoms with Gasteiger partial charge in [0.2, 0.25) is 0 Å². The minimum Gasteiger partial charge on any atom is -0.481 e. The molecule has 7 aromatic rings. The maximum atomic E-state index is 11.6. The summed E-state index contributed by atoms with van der Waals surface area (Å²) >= 11 is 8.46. The van der Waals surface area contributed by atoms with Crippen molar-refractivity contribution in [1.82, 2.24) is 9.97 Å². The molecule has 11 heteroatoms. The van der Waals surface area contributed by atoms with Gasteiger partial charge in [0.15, 0.2) is 0 Å². The molecule has 0 aromatic carbocycles. The average Bonchev–Trinajstić information content (AvgIpc) is 3.92. The number of aromatic nitrogens is 2. The van der Waals surface area contributed by atoms with E-state index < -0.39 is 11.9 Å². The van der Waals surface area contributed by atoms with Crippen molar-refractivity contribution in [3.05, 3.63) is 109 Å². The van der Waals surface area contributed by atoms with Gasteiger partial charge in [0.25, 0.3) is 0 Å². The SMILES string of the molecule is O=C(O)CCc1cc(-c2ccc(-c3cccnc3)s2)sc1-c1ccc(-c2sc(-c3ccc(-c4cccnc4)s3)cc2CCC(=O)O)s1. The van der Waals surface area contributed by atoms with Gasteiger partial charge in [-0.2, -0.15) is 0 Å². The minimum atomic E-state index is -0.819. The number of rotatable bonds is 12. The summed E-state index contributed by atoms with van der Waals surface area (Å²) in [5.41, 5.74) is 4.19. The fourth-order valence-electron chi connectivity index (χ4n) is 5.22. The standard InChI is InChI=1S/C36H26N2O4S5/c39-33(40)13-5-21-17-31(27-9-7-25(43-27)23-3-1-15-37-19-23)46-35(21)29-11-12-30(45-29)36-22(6-14-34(41)42)18-32(47-36)28-10-8-26(44-28)24-4-2-16-38-20-24/h1-4,7-12,15-20H,5-6,13-14H2,(H,39,40)(H,41,42). The Bertz CT molecular complexity index is 2020. The van der Waals surface area contributed by atoms with E-state index in [9.17, 15) is 19.8 Å². The van der Waals surface area contributed by atoms with Crippen LogP contribution < -0.4 is 0 Å². The van der Waals surface area contributed by atoms with Crippen LogP contribution in [0.4, 0.5) is 0 Å². The topological polar surface area (TPSA) is 100 Å². The van der Waals surface area contributed by atoms with E-state index in [1.807, 2.05) is 36.7 Å². The molecule has 0 fully saturated rings. The predicted octanol–water partition coefficient (Wildman–Crippen LogP) is 10.8. The van der Waals surface area contributed by atoms with Crippen LogP contribution in [0, 0.1) is 0 Å². The van der Waals surface area contributed by atoms with Gasteiger partial charge < -0.3 is 10.2 Å². The summed E-state index contributed by atoms with van der Waals surface area (Å²) in [5, 5.41) is 19.0. The van der Waals surface area contributed by atoms with Crippen LogP contribution >= 0.6 is 56.7 Å². The van der Waals surface area contributed by atoms with Gasteiger partial charge in [-0.3, -0.25) is 19.6 Å². The third kappa shape index (κ3) is 7.04. The van der Waals surface area contributed by atoms with Crippen molar-refractivity contribution in [3.8, 4) is 59.9 Å². The summed E-state index contributed by atoms with van der Waals surface area (Å²) in [4.78, 5) is 42.7. The molecule has 0 aliphatic heterocycles. The molecule has 0 unspecified atom stereocenters. The molecule has 0 radical (unpaired) electrons. The zero-order chi connectivity index (χ0) is 32.3. The highest BCUT2D eigenvalue weighted by atomic mass is 32.1. The molecule has 0 atom stereocenters. The van der Waals surface area contributed by atoms with Crippen molar-refractivity contribution in [2.24, 2.45) is 0 Å². The highest BCUT2D eigenvalue weighted by molar-refractivity contribution is 7.30. The normalized spacial score (nSPS) is 11.2. The Hall–Kier alpha value is -4.26.